The van der Waals surface area contributed by atoms with Crippen LogP contribution in [0.15, 0.2) is 72.8 Å². The standard InChI is InChI=1S/C44H44N4O2/c1-3-5-7-9-11-25-49-43-37(27-39(31-47)35-17-13-33(29-45)14-18-35)21-24-42-41(43)23-22-38(44(42)50-26-12-10-8-6-4-2)28-40(32-48)36-19-15-34(30-46)16-20-36/h13-24,27-28H,3-12,25-26H2,1-2H3/b39-27+,40-28+. The first-order chi connectivity index (χ1) is 24.6. The van der Waals surface area contributed by atoms with Gasteiger partial charge in [-0.25, -0.2) is 0 Å². The van der Waals surface area contributed by atoms with E-state index >= 15 is 0 Å². The molecule has 0 aromatic heterocycles. The van der Waals surface area contributed by atoms with Crippen LogP contribution < -0.4 is 9.47 Å². The van der Waals surface area contributed by atoms with E-state index in [0.29, 0.717) is 47.0 Å². The van der Waals surface area contributed by atoms with Crippen LogP contribution in [0, 0.1) is 45.3 Å². The molecule has 4 rings (SSSR count). The van der Waals surface area contributed by atoms with Crippen LogP contribution in [0.3, 0.4) is 0 Å². The fourth-order valence-corrected chi connectivity index (χ4v) is 5.81. The van der Waals surface area contributed by atoms with E-state index in [1.54, 1.807) is 48.5 Å². The Hall–Kier alpha value is -5.82. The van der Waals surface area contributed by atoms with Crippen molar-refractivity contribution in [3.8, 4) is 35.8 Å². The van der Waals surface area contributed by atoms with E-state index in [-0.39, 0.29) is 0 Å². The minimum Gasteiger partial charge on any atom is -0.492 e. The lowest BCUT2D eigenvalue weighted by atomic mass is 9.96. The summed E-state index contributed by atoms with van der Waals surface area (Å²) in [6.07, 6.45) is 14.7. The van der Waals surface area contributed by atoms with Crippen LogP contribution in [0.2, 0.25) is 0 Å². The third-order valence-corrected chi connectivity index (χ3v) is 8.64. The second-order valence-corrected chi connectivity index (χ2v) is 12.3. The van der Waals surface area contributed by atoms with Gasteiger partial charge in [0.25, 0.3) is 0 Å². The molecule has 0 heterocycles. The lowest BCUT2D eigenvalue weighted by Gasteiger charge is -2.18. The van der Waals surface area contributed by atoms with Crippen LogP contribution in [0.25, 0.3) is 34.1 Å². The number of fused-ring (bicyclic) bond motifs is 1. The quantitative estimate of drug-likeness (QED) is 0.0596. The first kappa shape index (κ1) is 37.0. The Kier molecular flexibility index (Phi) is 14.7. The number of benzene rings is 4. The Bertz CT molecular complexity index is 1820. The van der Waals surface area contributed by atoms with Crippen molar-refractivity contribution in [3.05, 3.63) is 106 Å². The molecule has 6 nitrogen and oxygen atoms in total. The number of nitriles is 4. The lowest BCUT2D eigenvalue weighted by molar-refractivity contribution is 0.304. The van der Waals surface area contributed by atoms with Gasteiger partial charge >= 0.3 is 0 Å². The summed E-state index contributed by atoms with van der Waals surface area (Å²) in [4.78, 5) is 0. The highest BCUT2D eigenvalue weighted by molar-refractivity contribution is 6.02. The Morgan fingerprint density at radius 3 is 1.22 bits per heavy atom. The van der Waals surface area contributed by atoms with Crippen molar-refractivity contribution < 1.29 is 9.47 Å². The molecule has 0 amide bonds. The Labute approximate surface area is 297 Å². The van der Waals surface area contributed by atoms with Crippen LogP contribution in [0.5, 0.6) is 11.5 Å². The average molecular weight is 661 g/mol. The summed E-state index contributed by atoms with van der Waals surface area (Å²) in [6, 6.07) is 30.8. The first-order valence-corrected chi connectivity index (χ1v) is 17.7. The highest BCUT2D eigenvalue weighted by Crippen LogP contribution is 2.40. The minimum absolute atomic E-state index is 0.464. The van der Waals surface area contributed by atoms with Crippen LogP contribution >= 0.6 is 0 Å². The molecule has 0 atom stereocenters. The van der Waals surface area contributed by atoms with Crippen molar-refractivity contribution in [1.29, 1.82) is 21.0 Å². The SMILES string of the molecule is CCCCCCCOc1c(/C=C(\C#N)c2ccc(C#N)cc2)ccc2c(OCCCCCCC)c(/C=C(\C#N)c3ccc(C#N)cc3)ccc12. The van der Waals surface area contributed by atoms with Crippen LogP contribution in [-0.2, 0) is 0 Å². The van der Waals surface area contributed by atoms with Gasteiger partial charge in [0.05, 0.1) is 59.8 Å². The molecule has 0 radical (unpaired) electrons. The fourth-order valence-electron chi connectivity index (χ4n) is 5.81. The number of nitrogens with zero attached hydrogens (tertiary/aromatic N) is 4. The zero-order valence-electron chi connectivity index (χ0n) is 29.2. The smallest absolute Gasteiger partial charge is 0.134 e. The largest absolute Gasteiger partial charge is 0.492 e. The predicted molar refractivity (Wildman–Crippen MR) is 202 cm³/mol. The number of hydrogen-bond donors (Lipinski definition) is 0. The minimum atomic E-state index is 0.464. The molecule has 6 heteroatoms. The highest BCUT2D eigenvalue weighted by Gasteiger charge is 2.17. The molecule has 0 fully saturated rings. The van der Waals surface area contributed by atoms with Crippen molar-refractivity contribution >= 4 is 34.1 Å². The molecule has 0 N–H and O–H groups in total. The maximum Gasteiger partial charge on any atom is 0.134 e. The van der Waals surface area contributed by atoms with Gasteiger partial charge in [-0.2, -0.15) is 21.0 Å². The summed E-state index contributed by atoms with van der Waals surface area (Å²) in [5.41, 5.74) is 4.98. The topological polar surface area (TPSA) is 114 Å². The zero-order valence-corrected chi connectivity index (χ0v) is 29.2. The molecular weight excluding hydrogens is 617 g/mol. The molecule has 50 heavy (non-hydrogen) atoms. The van der Waals surface area contributed by atoms with Gasteiger partial charge in [0.15, 0.2) is 0 Å². The summed E-state index contributed by atoms with van der Waals surface area (Å²) in [7, 11) is 0. The molecule has 0 aliphatic heterocycles. The van der Waals surface area contributed by atoms with Gasteiger partial charge in [0.2, 0.25) is 0 Å². The molecule has 0 saturated heterocycles. The van der Waals surface area contributed by atoms with Gasteiger partial charge in [-0.1, -0.05) is 102 Å². The summed E-state index contributed by atoms with van der Waals surface area (Å²) in [6.45, 7) is 5.47. The van der Waals surface area contributed by atoms with E-state index in [0.717, 1.165) is 71.6 Å². The summed E-state index contributed by atoms with van der Waals surface area (Å²) < 4.78 is 13.1. The summed E-state index contributed by atoms with van der Waals surface area (Å²) >= 11 is 0. The number of allylic oxidation sites excluding steroid dienone is 2. The normalized spacial score (nSPS) is 11.3. The van der Waals surface area contributed by atoms with Crippen molar-refractivity contribution in [3.63, 3.8) is 0 Å². The van der Waals surface area contributed by atoms with E-state index in [4.69, 9.17) is 9.47 Å². The van der Waals surface area contributed by atoms with Crippen LogP contribution in [0.4, 0.5) is 0 Å². The van der Waals surface area contributed by atoms with Crippen molar-refractivity contribution in [2.24, 2.45) is 0 Å². The molecule has 0 aliphatic rings. The predicted octanol–water partition coefficient (Wildman–Crippen LogP) is 11.4. The first-order valence-electron chi connectivity index (χ1n) is 17.7. The number of ether oxygens (including phenoxy) is 2. The van der Waals surface area contributed by atoms with Gasteiger partial charge in [-0.15, -0.1) is 0 Å². The van der Waals surface area contributed by atoms with Crippen molar-refractivity contribution in [1.82, 2.24) is 0 Å². The van der Waals surface area contributed by atoms with Gasteiger partial charge in [0.1, 0.15) is 11.5 Å². The van der Waals surface area contributed by atoms with E-state index in [1.807, 2.05) is 36.4 Å². The molecule has 0 aliphatic carbocycles. The monoisotopic (exact) mass is 660 g/mol. The molecular formula is C44H44N4O2. The van der Waals surface area contributed by atoms with Crippen LogP contribution in [0.1, 0.15) is 111 Å². The second kappa shape index (κ2) is 19.9. The van der Waals surface area contributed by atoms with Crippen molar-refractivity contribution in [2.75, 3.05) is 13.2 Å². The molecule has 0 saturated carbocycles. The molecule has 0 bridgehead atoms. The van der Waals surface area contributed by atoms with Crippen molar-refractivity contribution in [2.45, 2.75) is 78.1 Å². The Morgan fingerprint density at radius 1 is 0.500 bits per heavy atom. The summed E-state index contributed by atoms with van der Waals surface area (Å²) in [5, 5.41) is 40.5. The van der Waals surface area contributed by atoms with Gasteiger partial charge in [-0.3, -0.25) is 0 Å². The Balaban J connectivity index is 1.83. The molecule has 0 spiro atoms. The Morgan fingerprint density at radius 2 is 0.880 bits per heavy atom. The fraction of sp³-hybridized carbons (Fsp3) is 0.318. The average Bonchev–Trinajstić information content (AvgIpc) is 3.16. The number of unbranched alkanes of at least 4 members (excludes halogenated alkanes) is 8. The molecule has 4 aromatic rings. The highest BCUT2D eigenvalue weighted by atomic mass is 16.5. The van der Waals surface area contributed by atoms with Gasteiger partial charge in [0, 0.05) is 21.9 Å². The van der Waals surface area contributed by atoms with Crippen LogP contribution in [-0.4, -0.2) is 13.2 Å². The number of rotatable bonds is 18. The van der Waals surface area contributed by atoms with E-state index < -0.39 is 0 Å². The maximum atomic E-state index is 10.2. The van der Waals surface area contributed by atoms with E-state index in [9.17, 15) is 21.0 Å². The second-order valence-electron chi connectivity index (χ2n) is 12.3. The van der Waals surface area contributed by atoms with E-state index in [1.165, 1.54) is 25.7 Å². The molecule has 0 unspecified atom stereocenters. The molecule has 252 valence electrons. The lowest BCUT2D eigenvalue weighted by Crippen LogP contribution is -2.03. The van der Waals surface area contributed by atoms with Gasteiger partial charge in [-0.05, 0) is 72.5 Å². The molecule has 4 aromatic carbocycles. The summed E-state index contributed by atoms with van der Waals surface area (Å²) in [5.74, 6) is 1.35. The number of hydrogen-bond acceptors (Lipinski definition) is 6. The van der Waals surface area contributed by atoms with Gasteiger partial charge < -0.3 is 9.47 Å². The zero-order chi connectivity index (χ0) is 35.6. The third-order valence-electron chi connectivity index (χ3n) is 8.64. The van der Waals surface area contributed by atoms with E-state index in [2.05, 4.69) is 38.1 Å². The third kappa shape index (κ3) is 10.1. The maximum absolute atomic E-state index is 10.2.